The second kappa shape index (κ2) is 10.3. The van der Waals surface area contributed by atoms with Gasteiger partial charge in [-0.3, -0.25) is 0 Å². The lowest BCUT2D eigenvalue weighted by Crippen LogP contribution is -2.93. The highest BCUT2D eigenvalue weighted by molar-refractivity contribution is 5.30. The Labute approximate surface area is 172 Å². The zero-order chi connectivity index (χ0) is 20.8. The van der Waals surface area contributed by atoms with Crippen molar-refractivity contribution in [3.05, 3.63) is 71.3 Å². The second-order valence-corrected chi connectivity index (χ2v) is 8.37. The minimum Gasteiger partial charge on any atom is -0.385 e. The second-order valence-electron chi connectivity index (χ2n) is 8.37. The normalized spacial score (nSPS) is 23.3. The van der Waals surface area contributed by atoms with Gasteiger partial charge in [-0.15, -0.1) is 0 Å². The van der Waals surface area contributed by atoms with Crippen molar-refractivity contribution >= 4 is 0 Å². The van der Waals surface area contributed by atoms with Crippen molar-refractivity contribution in [2.75, 3.05) is 13.2 Å². The van der Waals surface area contributed by atoms with Gasteiger partial charge in [0, 0.05) is 5.92 Å². The summed E-state index contributed by atoms with van der Waals surface area (Å²) in [6.45, 7) is 5.35. The Morgan fingerprint density at radius 3 is 2.07 bits per heavy atom. The largest absolute Gasteiger partial charge is 0.385 e. The van der Waals surface area contributed by atoms with E-state index in [1.165, 1.54) is 43.5 Å². The Morgan fingerprint density at radius 1 is 0.966 bits per heavy atom. The quantitative estimate of drug-likeness (QED) is 0.703. The number of quaternary nitrogens is 1. The molecule has 5 heteroatoms. The molecule has 0 spiro atoms. The van der Waals surface area contributed by atoms with E-state index < -0.39 is 12.2 Å². The number of hydrogen-bond acceptors (Lipinski definition) is 2. The van der Waals surface area contributed by atoms with Crippen LogP contribution in [0.1, 0.15) is 50.3 Å². The van der Waals surface area contributed by atoms with Crippen molar-refractivity contribution in [3.63, 3.8) is 0 Å². The highest BCUT2D eigenvalue weighted by Gasteiger charge is 2.30. The van der Waals surface area contributed by atoms with Crippen LogP contribution in [0.15, 0.2) is 48.5 Å². The molecule has 0 aromatic heterocycles. The Morgan fingerprint density at radius 2 is 1.52 bits per heavy atom. The molecule has 0 heterocycles. The van der Waals surface area contributed by atoms with E-state index in [1.807, 2.05) is 0 Å². The third-order valence-corrected chi connectivity index (χ3v) is 6.28. The Kier molecular flexibility index (Phi) is 7.76. The van der Waals surface area contributed by atoms with E-state index in [2.05, 4.69) is 19.2 Å². The van der Waals surface area contributed by atoms with Gasteiger partial charge < -0.3 is 15.2 Å². The lowest BCUT2D eigenvalue weighted by atomic mass is 9.78. The molecule has 0 unspecified atom stereocenters. The summed E-state index contributed by atoms with van der Waals surface area (Å²) in [6.07, 6.45) is 2.62. The predicted octanol–water partition coefficient (Wildman–Crippen LogP) is 3.82. The Hall–Kier alpha value is -1.82. The third-order valence-electron chi connectivity index (χ3n) is 6.28. The van der Waals surface area contributed by atoms with Crippen LogP contribution >= 0.6 is 0 Å². The number of halogens is 2. The fourth-order valence-corrected chi connectivity index (χ4v) is 4.22. The molecule has 1 fully saturated rings. The van der Waals surface area contributed by atoms with Crippen molar-refractivity contribution in [2.45, 2.75) is 51.4 Å². The SMILES string of the molecule is C[C@H]1[C@@H]([NH2+]C[C@H](O)COC(c2ccc(F)cc2)c2ccc(F)cc2)CCC[C@@H]1C. The van der Waals surface area contributed by atoms with Crippen molar-refractivity contribution in [3.8, 4) is 0 Å². The number of nitrogens with two attached hydrogens (primary N) is 1. The molecule has 1 aliphatic carbocycles. The van der Waals surface area contributed by atoms with E-state index in [1.54, 1.807) is 24.3 Å². The molecule has 3 nitrogen and oxygen atoms in total. The molecular formula is C24H32F2NO2+. The van der Waals surface area contributed by atoms with Crippen molar-refractivity contribution in [1.82, 2.24) is 0 Å². The molecule has 0 saturated heterocycles. The molecule has 0 bridgehead atoms. The first-order chi connectivity index (χ1) is 13.9. The number of aliphatic hydroxyl groups is 1. The van der Waals surface area contributed by atoms with Crippen molar-refractivity contribution in [2.24, 2.45) is 11.8 Å². The van der Waals surface area contributed by atoms with Crippen LogP contribution < -0.4 is 5.32 Å². The highest BCUT2D eigenvalue weighted by Crippen LogP contribution is 2.28. The maximum Gasteiger partial charge on any atom is 0.126 e. The summed E-state index contributed by atoms with van der Waals surface area (Å²) in [6, 6.07) is 12.7. The number of rotatable bonds is 8. The lowest BCUT2D eigenvalue weighted by Gasteiger charge is -2.32. The van der Waals surface area contributed by atoms with Crippen LogP contribution in [0.2, 0.25) is 0 Å². The number of hydrogen-bond donors (Lipinski definition) is 2. The molecular weight excluding hydrogens is 372 g/mol. The van der Waals surface area contributed by atoms with Gasteiger partial charge in [0.25, 0.3) is 0 Å². The summed E-state index contributed by atoms with van der Waals surface area (Å²) in [4.78, 5) is 0. The first-order valence-corrected chi connectivity index (χ1v) is 10.6. The number of ether oxygens (including phenoxy) is 1. The summed E-state index contributed by atoms with van der Waals surface area (Å²) >= 11 is 0. The first kappa shape index (κ1) is 21.9. The van der Waals surface area contributed by atoms with Crippen LogP contribution in [-0.4, -0.2) is 30.4 Å². The summed E-state index contributed by atoms with van der Waals surface area (Å²) < 4.78 is 32.7. The van der Waals surface area contributed by atoms with Crippen LogP contribution in [0.4, 0.5) is 8.78 Å². The molecule has 4 atom stereocenters. The average molecular weight is 405 g/mol. The molecule has 0 aliphatic heterocycles. The van der Waals surface area contributed by atoms with E-state index in [0.29, 0.717) is 18.5 Å². The summed E-state index contributed by atoms with van der Waals surface area (Å²) in [5, 5.41) is 12.7. The van der Waals surface area contributed by atoms with E-state index in [0.717, 1.165) is 17.0 Å². The predicted molar refractivity (Wildman–Crippen MR) is 109 cm³/mol. The molecule has 1 saturated carbocycles. The molecule has 29 heavy (non-hydrogen) atoms. The summed E-state index contributed by atoms with van der Waals surface area (Å²) in [5.74, 6) is 0.719. The molecule has 0 radical (unpaired) electrons. The summed E-state index contributed by atoms with van der Waals surface area (Å²) in [5.41, 5.74) is 1.54. The number of aliphatic hydroxyl groups excluding tert-OH is 1. The van der Waals surface area contributed by atoms with Gasteiger partial charge in [0.15, 0.2) is 0 Å². The van der Waals surface area contributed by atoms with E-state index in [-0.39, 0.29) is 18.2 Å². The van der Waals surface area contributed by atoms with Crippen LogP contribution in [0.25, 0.3) is 0 Å². The fourth-order valence-electron chi connectivity index (χ4n) is 4.22. The monoisotopic (exact) mass is 404 g/mol. The molecule has 2 aromatic carbocycles. The highest BCUT2D eigenvalue weighted by atomic mass is 19.1. The van der Waals surface area contributed by atoms with Gasteiger partial charge in [0.2, 0.25) is 0 Å². The van der Waals surface area contributed by atoms with Gasteiger partial charge in [0.1, 0.15) is 30.4 Å². The van der Waals surface area contributed by atoms with Crippen LogP contribution in [0.5, 0.6) is 0 Å². The summed E-state index contributed by atoms with van der Waals surface area (Å²) in [7, 11) is 0. The smallest absolute Gasteiger partial charge is 0.126 e. The van der Waals surface area contributed by atoms with E-state index >= 15 is 0 Å². The topological polar surface area (TPSA) is 46.1 Å². The fraction of sp³-hybridized carbons (Fsp3) is 0.500. The van der Waals surface area contributed by atoms with Gasteiger partial charge in [-0.25, -0.2) is 8.78 Å². The molecule has 0 amide bonds. The standard InChI is InChI=1S/C24H31F2NO2/c1-16-4-3-5-23(17(16)2)27-14-22(28)15-29-24(18-6-10-20(25)11-7-18)19-8-12-21(26)13-9-19/h6-13,16-17,22-24,27-28H,3-5,14-15H2,1-2H3/p+1/t16-,17+,22-,23-/m0/s1. The van der Waals surface area contributed by atoms with E-state index in [4.69, 9.17) is 4.74 Å². The molecule has 1 aliphatic rings. The maximum atomic E-state index is 13.3. The molecule has 3 rings (SSSR count). The molecule has 2 aromatic rings. The van der Waals surface area contributed by atoms with Gasteiger partial charge in [-0.05, 0) is 60.6 Å². The Bertz CT molecular complexity index is 705. The molecule has 158 valence electrons. The zero-order valence-electron chi connectivity index (χ0n) is 17.2. The van der Waals surface area contributed by atoms with Crippen LogP contribution in [-0.2, 0) is 4.74 Å². The first-order valence-electron chi connectivity index (χ1n) is 10.6. The molecule has 3 N–H and O–H groups in total. The van der Waals surface area contributed by atoms with Gasteiger partial charge in [-0.1, -0.05) is 38.1 Å². The van der Waals surface area contributed by atoms with Crippen molar-refractivity contribution < 1.29 is 23.9 Å². The average Bonchev–Trinajstić information content (AvgIpc) is 2.71. The third kappa shape index (κ3) is 6.08. The Balaban J connectivity index is 1.60. The zero-order valence-corrected chi connectivity index (χ0v) is 17.2. The minimum atomic E-state index is -0.608. The minimum absolute atomic E-state index is 0.159. The van der Waals surface area contributed by atoms with Gasteiger partial charge >= 0.3 is 0 Å². The number of benzene rings is 2. The van der Waals surface area contributed by atoms with Crippen LogP contribution in [0, 0.1) is 23.5 Å². The van der Waals surface area contributed by atoms with Gasteiger partial charge in [-0.2, -0.15) is 0 Å². The van der Waals surface area contributed by atoms with E-state index in [9.17, 15) is 13.9 Å². The van der Waals surface area contributed by atoms with Crippen LogP contribution in [0.3, 0.4) is 0 Å². The maximum absolute atomic E-state index is 13.3. The lowest BCUT2D eigenvalue weighted by molar-refractivity contribution is -0.704. The van der Waals surface area contributed by atoms with Crippen molar-refractivity contribution in [1.29, 1.82) is 0 Å². The van der Waals surface area contributed by atoms with Gasteiger partial charge in [0.05, 0.1) is 12.6 Å².